The van der Waals surface area contributed by atoms with Crippen LogP contribution in [-0.2, 0) is 11.2 Å². The third-order valence-electron chi connectivity index (χ3n) is 5.40. The van der Waals surface area contributed by atoms with Crippen LogP contribution in [0.3, 0.4) is 0 Å². The van der Waals surface area contributed by atoms with Crippen molar-refractivity contribution in [2.45, 2.75) is 12.3 Å². The topological polar surface area (TPSA) is 79.5 Å². The zero-order valence-electron chi connectivity index (χ0n) is 15.7. The van der Waals surface area contributed by atoms with Crippen molar-refractivity contribution in [1.29, 1.82) is 0 Å². The van der Waals surface area contributed by atoms with Crippen molar-refractivity contribution in [3.63, 3.8) is 0 Å². The average Bonchev–Trinajstić information content (AvgIpc) is 2.71. The van der Waals surface area contributed by atoms with Gasteiger partial charge in [-0.05, 0) is 52.9 Å². The molecule has 0 unspecified atom stereocenters. The highest BCUT2D eigenvalue weighted by Gasteiger charge is 2.29. The average molecular weight is 371 g/mol. The summed E-state index contributed by atoms with van der Waals surface area (Å²) in [5.41, 5.74) is 9.54. The summed E-state index contributed by atoms with van der Waals surface area (Å²) in [4.78, 5) is 19.0. The molecule has 0 saturated heterocycles. The van der Waals surface area contributed by atoms with Gasteiger partial charge in [0.1, 0.15) is 5.78 Å². The van der Waals surface area contributed by atoms with Gasteiger partial charge in [-0.3, -0.25) is 9.78 Å². The Morgan fingerprint density at radius 3 is 2.93 bits per heavy atom. The minimum Gasteiger partial charge on any atom is -0.429 e. The van der Waals surface area contributed by atoms with E-state index in [1.54, 1.807) is 11.0 Å². The molecule has 3 N–H and O–H groups in total. The molecule has 28 heavy (non-hydrogen) atoms. The van der Waals surface area contributed by atoms with Gasteiger partial charge < -0.3 is 15.6 Å². The lowest BCUT2D eigenvalue weighted by Crippen LogP contribution is -2.47. The summed E-state index contributed by atoms with van der Waals surface area (Å²) < 4.78 is 0. The van der Waals surface area contributed by atoms with Crippen LogP contribution in [-0.4, -0.2) is 41.2 Å². The number of aromatic nitrogens is 1. The predicted octanol–water partition coefficient (Wildman–Crippen LogP) is 1.69. The highest BCUT2D eigenvalue weighted by atomic mass is 16.2. The zero-order valence-corrected chi connectivity index (χ0v) is 15.7. The molecule has 0 radical (unpaired) electrons. The van der Waals surface area contributed by atoms with Crippen molar-refractivity contribution in [1.82, 2.24) is 9.79 Å². The summed E-state index contributed by atoms with van der Waals surface area (Å²) in [5.74, 6) is -0.338. The van der Waals surface area contributed by atoms with Crippen molar-refractivity contribution in [3.05, 3.63) is 77.7 Å². The Morgan fingerprint density at radius 2 is 2.11 bits per heavy atom. The van der Waals surface area contributed by atoms with E-state index in [1.807, 2.05) is 68.0 Å². The normalized spacial score (nSPS) is 14.2. The molecule has 0 saturated carbocycles. The third-order valence-corrected chi connectivity index (χ3v) is 5.40. The van der Waals surface area contributed by atoms with Gasteiger partial charge in [0.2, 0.25) is 0 Å². The van der Waals surface area contributed by atoms with Gasteiger partial charge in [0, 0.05) is 30.7 Å². The summed E-state index contributed by atoms with van der Waals surface area (Å²) in [6.45, 7) is 0.229. The number of carbonyl (C=O) groups is 1. The molecule has 5 nitrogen and oxygen atoms in total. The standard InChI is InChI=1S/C22H22BN3O2/c1-26-10-8-19-18(3-2-4-21(19)23(26)28)20(13-24)22(27)12-15-5-6-17-14-25-9-7-16(17)11-15/h2-11,14,20,28H,12-13,24H2,1H3/t20-/m1/s1. The Bertz CT molecular complexity index is 1070. The fourth-order valence-electron chi connectivity index (χ4n) is 3.82. The Hall–Kier alpha value is -2.96. The summed E-state index contributed by atoms with van der Waals surface area (Å²) in [7, 11) is 1.10. The molecule has 6 heteroatoms. The van der Waals surface area contributed by atoms with Crippen molar-refractivity contribution in [2.75, 3.05) is 13.6 Å². The number of fused-ring (bicyclic) bond motifs is 2. The SMILES string of the molecule is CN1C=Cc2c(cccc2[C@@H](CN)C(=O)Cc2ccc3cnccc3c2)B1O. The fourth-order valence-corrected chi connectivity index (χ4v) is 3.82. The molecule has 0 spiro atoms. The van der Waals surface area contributed by atoms with Gasteiger partial charge in [0.25, 0.3) is 0 Å². The second kappa shape index (κ2) is 7.58. The lowest BCUT2D eigenvalue weighted by atomic mass is 9.66. The quantitative estimate of drug-likeness (QED) is 0.668. The number of pyridine rings is 1. The number of rotatable bonds is 5. The van der Waals surface area contributed by atoms with Gasteiger partial charge in [-0.2, -0.15) is 0 Å². The first-order valence-corrected chi connectivity index (χ1v) is 9.35. The molecule has 1 aliphatic rings. The largest absolute Gasteiger partial charge is 0.449 e. The molecule has 0 aliphatic carbocycles. The Balaban J connectivity index is 1.64. The molecule has 2 aromatic carbocycles. The number of hydrogen-bond acceptors (Lipinski definition) is 5. The van der Waals surface area contributed by atoms with Crippen molar-refractivity contribution in [3.8, 4) is 0 Å². The molecule has 1 aromatic heterocycles. The number of ketones is 1. The first-order valence-electron chi connectivity index (χ1n) is 9.35. The highest BCUT2D eigenvalue weighted by Crippen LogP contribution is 2.25. The zero-order chi connectivity index (χ0) is 19.7. The van der Waals surface area contributed by atoms with Crippen LogP contribution in [0.25, 0.3) is 16.8 Å². The van der Waals surface area contributed by atoms with Gasteiger partial charge >= 0.3 is 7.05 Å². The van der Waals surface area contributed by atoms with Crippen LogP contribution in [0.5, 0.6) is 0 Å². The van der Waals surface area contributed by atoms with E-state index in [2.05, 4.69) is 4.98 Å². The molecule has 0 amide bonds. The number of carbonyl (C=O) groups excluding carboxylic acids is 1. The first kappa shape index (κ1) is 18.4. The number of hydrogen-bond donors (Lipinski definition) is 2. The molecule has 0 fully saturated rings. The van der Waals surface area contributed by atoms with Crippen molar-refractivity contribution < 1.29 is 9.82 Å². The molecule has 3 aromatic rings. The van der Waals surface area contributed by atoms with Crippen LogP contribution in [0.2, 0.25) is 0 Å². The summed E-state index contributed by atoms with van der Waals surface area (Å²) in [6.07, 6.45) is 7.65. The van der Waals surface area contributed by atoms with Crippen LogP contribution in [0.15, 0.2) is 61.1 Å². The van der Waals surface area contributed by atoms with Gasteiger partial charge in [-0.15, -0.1) is 0 Å². The van der Waals surface area contributed by atoms with Crippen LogP contribution < -0.4 is 11.2 Å². The maximum absolute atomic E-state index is 13.1. The molecule has 4 rings (SSSR count). The van der Waals surface area contributed by atoms with Crippen LogP contribution >= 0.6 is 0 Å². The number of Topliss-reactive ketones (excluding diaryl/α,β-unsaturated/α-hetero) is 1. The maximum Gasteiger partial charge on any atom is 0.449 e. The molecule has 2 heterocycles. The second-order valence-electron chi connectivity index (χ2n) is 7.19. The van der Waals surface area contributed by atoms with E-state index in [9.17, 15) is 9.82 Å². The van der Waals surface area contributed by atoms with Crippen LogP contribution in [0, 0.1) is 0 Å². The minimum absolute atomic E-state index is 0.0751. The van der Waals surface area contributed by atoms with Gasteiger partial charge in [-0.25, -0.2) is 0 Å². The van der Waals surface area contributed by atoms with Gasteiger partial charge in [0.05, 0.1) is 5.92 Å². The third kappa shape index (κ3) is 3.32. The highest BCUT2D eigenvalue weighted by molar-refractivity contribution is 6.65. The molecule has 140 valence electrons. The lowest BCUT2D eigenvalue weighted by molar-refractivity contribution is -0.119. The molecule has 1 aliphatic heterocycles. The second-order valence-corrected chi connectivity index (χ2v) is 7.19. The lowest BCUT2D eigenvalue weighted by Gasteiger charge is -2.27. The number of nitrogens with zero attached hydrogens (tertiary/aromatic N) is 2. The maximum atomic E-state index is 13.1. The number of benzene rings is 2. The first-order chi connectivity index (χ1) is 13.6. The van der Waals surface area contributed by atoms with Crippen LogP contribution in [0.4, 0.5) is 0 Å². The van der Waals surface area contributed by atoms with E-state index in [-0.39, 0.29) is 12.3 Å². The van der Waals surface area contributed by atoms with E-state index in [4.69, 9.17) is 5.73 Å². The van der Waals surface area contributed by atoms with E-state index < -0.39 is 13.0 Å². The van der Waals surface area contributed by atoms with Gasteiger partial charge in [-0.1, -0.05) is 36.4 Å². The summed E-state index contributed by atoms with van der Waals surface area (Å²) in [6, 6.07) is 13.6. The molecular weight excluding hydrogens is 349 g/mol. The van der Waals surface area contributed by atoms with Gasteiger partial charge in [0.15, 0.2) is 0 Å². The molecule has 0 bridgehead atoms. The number of nitrogens with two attached hydrogens (primary N) is 1. The fraction of sp³-hybridized carbons (Fsp3) is 0.182. The van der Waals surface area contributed by atoms with Crippen LogP contribution in [0.1, 0.15) is 22.6 Å². The molecule has 1 atom stereocenters. The van der Waals surface area contributed by atoms with E-state index in [0.717, 1.165) is 32.9 Å². The van der Waals surface area contributed by atoms with E-state index in [0.29, 0.717) is 6.42 Å². The Morgan fingerprint density at radius 1 is 1.25 bits per heavy atom. The summed E-state index contributed by atoms with van der Waals surface area (Å²) in [5, 5.41) is 12.6. The van der Waals surface area contributed by atoms with Crippen molar-refractivity contribution in [2.24, 2.45) is 5.73 Å². The minimum atomic E-state index is -0.720. The summed E-state index contributed by atoms with van der Waals surface area (Å²) >= 11 is 0. The monoisotopic (exact) mass is 371 g/mol. The predicted molar refractivity (Wildman–Crippen MR) is 113 cm³/mol. The smallest absolute Gasteiger partial charge is 0.429 e. The van der Waals surface area contributed by atoms with E-state index in [1.165, 1.54) is 0 Å². The van der Waals surface area contributed by atoms with E-state index >= 15 is 0 Å². The molecular formula is C22H22BN3O2. The Labute approximate surface area is 164 Å². The van der Waals surface area contributed by atoms with Crippen molar-refractivity contribution >= 4 is 35.1 Å². The Kier molecular flexibility index (Phi) is 4.98.